The summed E-state index contributed by atoms with van der Waals surface area (Å²) in [4.78, 5) is 6.27. The molecule has 140 valence electrons. The largest absolute Gasteiger partial charge is 0.467 e. The third-order valence-electron chi connectivity index (χ3n) is 4.24. The number of fused-ring (bicyclic) bond motifs is 1. The molecule has 1 aromatic heterocycles. The van der Waals surface area contributed by atoms with Gasteiger partial charge in [-0.15, -0.1) is 0 Å². The minimum absolute atomic E-state index is 0.175. The van der Waals surface area contributed by atoms with E-state index >= 15 is 0 Å². The van der Waals surface area contributed by atoms with E-state index in [1.54, 1.807) is 7.05 Å². The van der Waals surface area contributed by atoms with Crippen molar-refractivity contribution >= 4 is 17.6 Å². The van der Waals surface area contributed by atoms with Crippen LogP contribution in [0.25, 0.3) is 0 Å². The summed E-state index contributed by atoms with van der Waals surface area (Å²) < 4.78 is 26.6. The smallest absolute Gasteiger partial charge is 0.194 e. The van der Waals surface area contributed by atoms with Crippen LogP contribution in [-0.4, -0.2) is 36.3 Å². The Balaban J connectivity index is 1.69. The average Bonchev–Trinajstić information content (AvgIpc) is 2.92. The Bertz CT molecular complexity index is 822. The first-order valence-corrected chi connectivity index (χ1v) is 8.60. The first-order chi connectivity index (χ1) is 12.5. The topological polar surface area (TPSA) is 51.0 Å². The Kier molecular flexibility index (Phi) is 5.68. The Morgan fingerprint density at radius 2 is 2.23 bits per heavy atom. The zero-order chi connectivity index (χ0) is 18.7. The van der Waals surface area contributed by atoms with Gasteiger partial charge in [0.2, 0.25) is 0 Å². The van der Waals surface area contributed by atoms with Gasteiger partial charge in [0.1, 0.15) is 11.6 Å². The lowest BCUT2D eigenvalue weighted by atomic mass is 10.1. The Hall–Kier alpha value is -2.25. The predicted molar refractivity (Wildman–Crippen MR) is 98.8 cm³/mol. The highest BCUT2D eigenvalue weighted by Gasteiger charge is 2.18. The number of hydrogen-bond donors (Lipinski definition) is 1. The third kappa shape index (κ3) is 4.11. The normalized spacial score (nSPS) is 14.0. The highest BCUT2D eigenvalue weighted by molar-refractivity contribution is 6.30. The van der Waals surface area contributed by atoms with Crippen LogP contribution < -0.4 is 10.1 Å². The van der Waals surface area contributed by atoms with E-state index in [-0.39, 0.29) is 12.6 Å². The van der Waals surface area contributed by atoms with Gasteiger partial charge >= 0.3 is 0 Å². The quantitative estimate of drug-likeness (QED) is 0.654. The van der Waals surface area contributed by atoms with E-state index in [1.165, 1.54) is 12.1 Å². The Morgan fingerprint density at radius 1 is 1.42 bits per heavy atom. The van der Waals surface area contributed by atoms with Crippen molar-refractivity contribution in [2.75, 3.05) is 20.9 Å². The number of guanidine groups is 1. The number of halogens is 2. The molecule has 1 N–H and O–H groups in total. The third-order valence-corrected chi connectivity index (χ3v) is 4.44. The lowest BCUT2D eigenvalue weighted by Crippen LogP contribution is -2.38. The van der Waals surface area contributed by atoms with E-state index in [4.69, 9.17) is 21.1 Å². The standard InChI is InChI=1S/C18H22ClFN4O2/c1-21-18(24(3)9-16-6-14(19)8-23(16)2)22-7-12-4-15(20)5-13-10-25-11-26-17(12)13/h4-6,8H,7,9-11H2,1-3H3,(H,21,22). The summed E-state index contributed by atoms with van der Waals surface area (Å²) >= 11 is 6.04. The van der Waals surface area contributed by atoms with E-state index in [1.807, 2.05) is 35.8 Å². The Labute approximate surface area is 157 Å². The number of ether oxygens (including phenoxy) is 2. The summed E-state index contributed by atoms with van der Waals surface area (Å²) in [5.41, 5.74) is 2.51. The molecular weight excluding hydrogens is 359 g/mol. The van der Waals surface area contributed by atoms with Crippen LogP contribution in [0, 0.1) is 5.82 Å². The fourth-order valence-corrected chi connectivity index (χ4v) is 3.26. The van der Waals surface area contributed by atoms with Crippen LogP contribution in [0.2, 0.25) is 5.02 Å². The van der Waals surface area contributed by atoms with E-state index in [9.17, 15) is 4.39 Å². The molecule has 2 aromatic rings. The van der Waals surface area contributed by atoms with Gasteiger partial charge in [0, 0.05) is 50.7 Å². The van der Waals surface area contributed by atoms with E-state index in [2.05, 4.69) is 10.3 Å². The van der Waals surface area contributed by atoms with Gasteiger partial charge in [0.25, 0.3) is 0 Å². The molecule has 0 spiro atoms. The minimum Gasteiger partial charge on any atom is -0.467 e. The summed E-state index contributed by atoms with van der Waals surface area (Å²) in [6.45, 7) is 1.55. The second-order valence-corrected chi connectivity index (χ2v) is 6.62. The average molecular weight is 381 g/mol. The molecule has 6 nitrogen and oxygen atoms in total. The zero-order valence-corrected chi connectivity index (χ0v) is 15.8. The maximum absolute atomic E-state index is 13.9. The molecule has 0 saturated carbocycles. The van der Waals surface area contributed by atoms with Crippen molar-refractivity contribution < 1.29 is 13.9 Å². The van der Waals surface area contributed by atoms with Crippen molar-refractivity contribution in [3.05, 3.63) is 52.1 Å². The molecule has 1 aromatic carbocycles. The van der Waals surface area contributed by atoms with Gasteiger partial charge < -0.3 is 24.3 Å². The number of rotatable bonds is 4. The number of aromatic nitrogens is 1. The summed E-state index contributed by atoms with van der Waals surface area (Å²) in [5.74, 6) is 1.06. The summed E-state index contributed by atoms with van der Waals surface area (Å²) in [5, 5.41) is 3.95. The van der Waals surface area contributed by atoms with Crippen LogP contribution in [0.5, 0.6) is 5.75 Å². The number of benzene rings is 1. The highest BCUT2D eigenvalue weighted by atomic mass is 35.5. The monoisotopic (exact) mass is 380 g/mol. The van der Waals surface area contributed by atoms with Gasteiger partial charge in [-0.1, -0.05) is 11.6 Å². The van der Waals surface area contributed by atoms with Crippen LogP contribution in [-0.2, 0) is 31.5 Å². The summed E-state index contributed by atoms with van der Waals surface area (Å²) in [7, 11) is 5.59. The van der Waals surface area contributed by atoms with Crippen molar-refractivity contribution in [2.24, 2.45) is 12.0 Å². The van der Waals surface area contributed by atoms with E-state index in [0.29, 0.717) is 36.4 Å². The molecule has 26 heavy (non-hydrogen) atoms. The fourth-order valence-electron chi connectivity index (χ4n) is 2.99. The number of aliphatic imine (C=N–C) groups is 1. The highest BCUT2D eigenvalue weighted by Crippen LogP contribution is 2.29. The van der Waals surface area contributed by atoms with Gasteiger partial charge in [-0.2, -0.15) is 0 Å². The molecule has 2 heterocycles. The molecule has 0 bridgehead atoms. The van der Waals surface area contributed by atoms with Gasteiger partial charge in [-0.05, 0) is 18.2 Å². The van der Waals surface area contributed by atoms with Crippen molar-refractivity contribution in [3.63, 3.8) is 0 Å². The van der Waals surface area contributed by atoms with Crippen LogP contribution >= 0.6 is 11.6 Å². The minimum atomic E-state index is -0.309. The molecule has 8 heteroatoms. The molecule has 3 rings (SSSR count). The first kappa shape index (κ1) is 18.5. The summed E-state index contributed by atoms with van der Waals surface area (Å²) in [6, 6.07) is 4.83. The van der Waals surface area contributed by atoms with Gasteiger partial charge in [-0.3, -0.25) is 4.99 Å². The fraction of sp³-hybridized carbons (Fsp3) is 0.389. The van der Waals surface area contributed by atoms with Gasteiger partial charge in [0.05, 0.1) is 18.2 Å². The second-order valence-electron chi connectivity index (χ2n) is 6.18. The molecule has 0 fully saturated rings. The maximum atomic E-state index is 13.9. The molecule has 1 aliphatic rings. The van der Waals surface area contributed by atoms with Crippen molar-refractivity contribution in [3.8, 4) is 5.75 Å². The molecule has 0 amide bonds. The van der Waals surface area contributed by atoms with E-state index in [0.717, 1.165) is 16.8 Å². The lowest BCUT2D eigenvalue weighted by molar-refractivity contribution is -0.0173. The van der Waals surface area contributed by atoms with E-state index < -0.39 is 0 Å². The summed E-state index contributed by atoms with van der Waals surface area (Å²) in [6.07, 6.45) is 1.86. The van der Waals surface area contributed by atoms with Crippen LogP contribution in [0.15, 0.2) is 29.4 Å². The van der Waals surface area contributed by atoms with Crippen LogP contribution in [0.3, 0.4) is 0 Å². The molecule has 0 aliphatic carbocycles. The predicted octanol–water partition coefficient (Wildman–Crippen LogP) is 2.89. The number of nitrogens with one attached hydrogen (secondary N) is 1. The molecule has 0 unspecified atom stereocenters. The SMILES string of the molecule is CN=C(NCc1cc(F)cc2c1OCOC2)N(C)Cc1cc(Cl)cn1C. The van der Waals surface area contributed by atoms with Gasteiger partial charge in [-0.25, -0.2) is 4.39 Å². The second kappa shape index (κ2) is 7.97. The van der Waals surface area contributed by atoms with Crippen LogP contribution in [0.4, 0.5) is 4.39 Å². The van der Waals surface area contributed by atoms with Crippen LogP contribution in [0.1, 0.15) is 16.8 Å². The lowest BCUT2D eigenvalue weighted by Gasteiger charge is -2.24. The Morgan fingerprint density at radius 3 is 2.92 bits per heavy atom. The van der Waals surface area contributed by atoms with Gasteiger partial charge in [0.15, 0.2) is 12.8 Å². The number of hydrogen-bond acceptors (Lipinski definition) is 3. The molecule has 0 saturated heterocycles. The van der Waals surface area contributed by atoms with Crippen molar-refractivity contribution in [1.82, 2.24) is 14.8 Å². The van der Waals surface area contributed by atoms with Crippen molar-refractivity contribution in [2.45, 2.75) is 19.7 Å². The van der Waals surface area contributed by atoms with Crippen molar-refractivity contribution in [1.29, 1.82) is 0 Å². The first-order valence-electron chi connectivity index (χ1n) is 8.22. The molecular formula is C18H22ClFN4O2. The molecule has 0 atom stereocenters. The zero-order valence-electron chi connectivity index (χ0n) is 15.1. The molecule has 1 aliphatic heterocycles. The number of nitrogens with zero attached hydrogens (tertiary/aromatic N) is 3. The molecule has 0 radical (unpaired) electrons. The maximum Gasteiger partial charge on any atom is 0.194 e. The number of aryl methyl sites for hydroxylation is 1.